The predicted molar refractivity (Wildman–Crippen MR) is 395 cm³/mol. The zero-order valence-corrected chi connectivity index (χ0v) is 64.5. The van der Waals surface area contributed by atoms with Gasteiger partial charge >= 0.3 is 39.5 Å². The number of ether oxygens (including phenoxy) is 4. The van der Waals surface area contributed by atoms with Gasteiger partial charge in [-0.25, -0.2) is 9.13 Å². The molecule has 3 N–H and O–H groups in total. The molecule has 0 aliphatic rings. The van der Waals surface area contributed by atoms with Crippen LogP contribution in [0.4, 0.5) is 0 Å². The third-order valence-electron chi connectivity index (χ3n) is 17.7. The van der Waals surface area contributed by atoms with Gasteiger partial charge in [0.25, 0.3) is 0 Å². The van der Waals surface area contributed by atoms with Crippen molar-refractivity contribution in [2.24, 2.45) is 5.92 Å². The van der Waals surface area contributed by atoms with Crippen LogP contribution in [0.1, 0.15) is 388 Å². The molecule has 0 aromatic heterocycles. The third-order valence-corrected chi connectivity index (χ3v) is 19.6. The molecule has 0 spiro atoms. The molecule has 0 amide bonds. The number of aliphatic hydroxyl groups excluding tert-OH is 1. The van der Waals surface area contributed by atoms with Gasteiger partial charge < -0.3 is 33.8 Å². The van der Waals surface area contributed by atoms with Crippen molar-refractivity contribution >= 4 is 39.5 Å². The zero-order chi connectivity index (χ0) is 71.2. The van der Waals surface area contributed by atoms with Gasteiger partial charge in [-0.15, -0.1) is 0 Å². The van der Waals surface area contributed by atoms with E-state index in [1.165, 1.54) is 186 Å². The Hall–Kier alpha value is -2.46. The Morgan fingerprint density at radius 2 is 0.557 bits per heavy atom. The molecule has 0 fully saturated rings. The van der Waals surface area contributed by atoms with Crippen LogP contribution in [0.25, 0.3) is 0 Å². The van der Waals surface area contributed by atoms with E-state index >= 15 is 0 Å². The van der Waals surface area contributed by atoms with Gasteiger partial charge in [-0.1, -0.05) is 335 Å². The summed E-state index contributed by atoms with van der Waals surface area (Å²) < 4.78 is 68.5. The fraction of sp³-hybridized carbons (Fsp3) is 0.897. The molecule has 19 heteroatoms. The van der Waals surface area contributed by atoms with Gasteiger partial charge in [-0.3, -0.25) is 37.3 Å². The van der Waals surface area contributed by atoms with E-state index in [9.17, 15) is 43.2 Å². The Bertz CT molecular complexity index is 1950. The van der Waals surface area contributed by atoms with Crippen molar-refractivity contribution in [2.45, 2.75) is 406 Å². The summed E-state index contributed by atoms with van der Waals surface area (Å²) in [4.78, 5) is 72.8. The van der Waals surface area contributed by atoms with Crippen molar-refractivity contribution in [3.63, 3.8) is 0 Å². The van der Waals surface area contributed by atoms with E-state index in [0.717, 1.165) is 121 Å². The molecule has 0 radical (unpaired) electrons. The van der Waals surface area contributed by atoms with Crippen LogP contribution in [0, 0.1) is 5.92 Å². The first-order chi connectivity index (χ1) is 47.0. The van der Waals surface area contributed by atoms with Gasteiger partial charge in [-0.05, 0) is 57.3 Å². The topological polar surface area (TPSA) is 237 Å². The monoisotopic (exact) mass is 1420 g/mol. The highest BCUT2D eigenvalue weighted by Crippen LogP contribution is 2.45. The molecule has 0 aliphatic carbocycles. The predicted octanol–water partition coefficient (Wildman–Crippen LogP) is 22.8. The number of rotatable bonds is 76. The minimum atomic E-state index is -4.97. The van der Waals surface area contributed by atoms with E-state index in [4.69, 9.17) is 37.0 Å². The summed E-state index contributed by atoms with van der Waals surface area (Å²) in [6.07, 6.45) is 63.2. The Labute approximate surface area is 592 Å². The molecule has 0 heterocycles. The summed E-state index contributed by atoms with van der Waals surface area (Å²) in [6.45, 7) is 7.25. The Morgan fingerprint density at radius 3 is 0.845 bits per heavy atom. The van der Waals surface area contributed by atoms with Crippen molar-refractivity contribution in [1.29, 1.82) is 0 Å². The minimum Gasteiger partial charge on any atom is -0.462 e. The third kappa shape index (κ3) is 71.7. The number of allylic oxidation sites excluding steroid dienone is 4. The molecule has 0 saturated heterocycles. The summed E-state index contributed by atoms with van der Waals surface area (Å²) >= 11 is 0. The Kier molecular flexibility index (Phi) is 68.8. The van der Waals surface area contributed by atoms with Crippen LogP contribution in [0.5, 0.6) is 0 Å². The number of hydrogen-bond acceptors (Lipinski definition) is 15. The fourth-order valence-electron chi connectivity index (χ4n) is 11.5. The molecule has 97 heavy (non-hydrogen) atoms. The number of esters is 4. The van der Waals surface area contributed by atoms with Crippen LogP contribution < -0.4 is 0 Å². The quantitative estimate of drug-likeness (QED) is 0.0169. The average Bonchev–Trinajstić information content (AvgIpc) is 1.62. The molecule has 17 nitrogen and oxygen atoms in total. The van der Waals surface area contributed by atoms with Crippen molar-refractivity contribution in [3.05, 3.63) is 24.3 Å². The normalized spacial score (nSPS) is 14.1. The molecule has 0 aromatic carbocycles. The van der Waals surface area contributed by atoms with E-state index in [0.29, 0.717) is 25.7 Å². The number of unbranched alkanes of at least 4 members (excludes halogenated alkanes) is 45. The maximum atomic E-state index is 13.1. The number of phosphoric acid groups is 2. The minimum absolute atomic E-state index is 0.101. The highest BCUT2D eigenvalue weighted by Gasteiger charge is 2.30. The molecule has 572 valence electrons. The maximum absolute atomic E-state index is 13.1. The number of aliphatic hydroxyl groups is 1. The molecule has 0 bridgehead atoms. The first-order valence-electron chi connectivity index (χ1n) is 40.0. The Balaban J connectivity index is 5.24. The molecule has 0 rings (SSSR count). The summed E-state index contributed by atoms with van der Waals surface area (Å²) in [5.41, 5.74) is 0. The number of hydrogen-bond donors (Lipinski definition) is 3. The van der Waals surface area contributed by atoms with Gasteiger partial charge in [-0.2, -0.15) is 0 Å². The van der Waals surface area contributed by atoms with Crippen molar-refractivity contribution in [2.75, 3.05) is 39.6 Å². The van der Waals surface area contributed by atoms with Gasteiger partial charge in [0.1, 0.15) is 19.3 Å². The van der Waals surface area contributed by atoms with E-state index in [1.54, 1.807) is 0 Å². The molecule has 0 aliphatic heterocycles. The van der Waals surface area contributed by atoms with E-state index in [1.807, 2.05) is 0 Å². The van der Waals surface area contributed by atoms with Crippen molar-refractivity contribution in [3.8, 4) is 0 Å². The Morgan fingerprint density at radius 1 is 0.320 bits per heavy atom. The maximum Gasteiger partial charge on any atom is 0.472 e. The van der Waals surface area contributed by atoms with Crippen LogP contribution >= 0.6 is 15.6 Å². The average molecular weight is 1420 g/mol. The van der Waals surface area contributed by atoms with Crippen LogP contribution in [0.3, 0.4) is 0 Å². The number of carbonyl (C=O) groups is 4. The van der Waals surface area contributed by atoms with E-state index in [2.05, 4.69) is 58.9 Å². The summed E-state index contributed by atoms with van der Waals surface area (Å²) in [5, 5.41) is 10.6. The van der Waals surface area contributed by atoms with Crippen LogP contribution in [0.15, 0.2) is 24.3 Å². The molecule has 2 unspecified atom stereocenters. The summed E-state index contributed by atoms with van der Waals surface area (Å²) in [6, 6.07) is 0. The SMILES string of the molecule is CCCCCC/C=C\C=C/CCCCCCCC(=O)OC[C@H](COP(=O)(O)OC[C@@H](O)COP(=O)(O)OC[C@@H](COC(=O)CCCCCCCCCC)OC(=O)CCCCCCCCCCCCCCCCC)OC(=O)CCCCCCCCCCCCCCCCCCC(C)C. The summed E-state index contributed by atoms with van der Waals surface area (Å²) in [7, 11) is -9.92. The van der Waals surface area contributed by atoms with Gasteiger partial charge in [0, 0.05) is 25.7 Å². The fourth-order valence-corrected chi connectivity index (χ4v) is 13.1. The molecule has 0 aromatic rings. The molecule has 5 atom stereocenters. The lowest BCUT2D eigenvalue weighted by atomic mass is 10.0. The largest absolute Gasteiger partial charge is 0.472 e. The second-order valence-corrected chi connectivity index (χ2v) is 30.8. The van der Waals surface area contributed by atoms with Crippen LogP contribution in [-0.2, 0) is 65.4 Å². The van der Waals surface area contributed by atoms with Gasteiger partial charge in [0.15, 0.2) is 12.2 Å². The highest BCUT2D eigenvalue weighted by atomic mass is 31.2. The van der Waals surface area contributed by atoms with Gasteiger partial charge in [0.2, 0.25) is 0 Å². The van der Waals surface area contributed by atoms with Gasteiger partial charge in [0.05, 0.1) is 26.4 Å². The first kappa shape index (κ1) is 94.5. The molecular formula is C78H148O17P2. The van der Waals surface area contributed by atoms with E-state index in [-0.39, 0.29) is 25.7 Å². The number of carbonyl (C=O) groups excluding carboxylic acids is 4. The number of phosphoric ester groups is 2. The summed E-state index contributed by atoms with van der Waals surface area (Å²) in [5.74, 6) is -1.34. The van der Waals surface area contributed by atoms with Crippen LogP contribution in [0.2, 0.25) is 0 Å². The second-order valence-electron chi connectivity index (χ2n) is 27.9. The van der Waals surface area contributed by atoms with E-state index < -0.39 is 97.5 Å². The lowest BCUT2D eigenvalue weighted by Gasteiger charge is -2.21. The van der Waals surface area contributed by atoms with Crippen molar-refractivity contribution < 1.29 is 80.2 Å². The lowest BCUT2D eigenvalue weighted by molar-refractivity contribution is -0.161. The van der Waals surface area contributed by atoms with Crippen LogP contribution in [-0.4, -0.2) is 96.7 Å². The lowest BCUT2D eigenvalue weighted by Crippen LogP contribution is -2.30. The molecular weight excluding hydrogens is 1270 g/mol. The zero-order valence-electron chi connectivity index (χ0n) is 62.7. The highest BCUT2D eigenvalue weighted by molar-refractivity contribution is 7.47. The second kappa shape index (κ2) is 70.6. The molecule has 0 saturated carbocycles. The standard InChI is InChI=1S/C78H148O17P2/c1-6-9-12-15-18-21-23-25-29-34-38-42-47-52-57-62-76(81)89-68-74(95-78(83)64-59-54-49-44-40-36-32-28-27-31-33-37-41-45-50-55-60-71(4)5)70-93-97(86,87)91-66-72(79)65-90-96(84,85)92-69-73(67-88-75(80)61-56-51-46-20-17-14-11-8-3)94-77(82)63-58-53-48-43-39-35-30-26-24-22-19-16-13-10-7-2/h21,23,25,29,71-74,79H,6-20,22,24,26-28,30-70H2,1-5H3,(H,84,85)(H,86,87)/b23-21-,29-25-/t72-,73+,74+/m0/s1. The van der Waals surface area contributed by atoms with Crippen molar-refractivity contribution in [1.82, 2.24) is 0 Å². The first-order valence-corrected chi connectivity index (χ1v) is 42.9. The smallest absolute Gasteiger partial charge is 0.462 e.